The Bertz CT molecular complexity index is 474. The van der Waals surface area contributed by atoms with E-state index >= 15 is 0 Å². The van der Waals surface area contributed by atoms with Crippen molar-refractivity contribution in [2.75, 3.05) is 20.1 Å². The average molecular weight is 308 g/mol. The van der Waals surface area contributed by atoms with Crippen LogP contribution in [0.1, 0.15) is 50.2 Å². The normalized spacial score (nSPS) is 18.0. The fourth-order valence-electron chi connectivity index (χ4n) is 2.92. The molecule has 1 fully saturated rings. The molecular formula is C16H28N4S. The summed E-state index contributed by atoms with van der Waals surface area (Å²) in [6.45, 7) is 9.18. The van der Waals surface area contributed by atoms with Crippen molar-refractivity contribution in [1.29, 1.82) is 0 Å². The molecule has 1 aliphatic carbocycles. The van der Waals surface area contributed by atoms with Crippen LogP contribution in [-0.4, -0.2) is 36.0 Å². The maximum Gasteiger partial charge on any atom is 0.194 e. The van der Waals surface area contributed by atoms with Crippen molar-refractivity contribution < 1.29 is 0 Å². The standard InChI is InChI=1S/C16H28N4S/c1-5-17-15(18-12-16(3)8-6-7-9-16)20(4)10-14-11-21-13(2)19-14/h11H,5-10,12H2,1-4H3,(H,17,18). The summed E-state index contributed by atoms with van der Waals surface area (Å²) < 4.78 is 0. The molecule has 0 unspecified atom stereocenters. The van der Waals surface area contributed by atoms with Gasteiger partial charge in [0.25, 0.3) is 0 Å². The number of aliphatic imine (C=N–C) groups is 1. The molecule has 5 heteroatoms. The average Bonchev–Trinajstić information content (AvgIpc) is 3.04. The number of aromatic nitrogens is 1. The zero-order valence-electron chi connectivity index (χ0n) is 13.8. The number of nitrogens with zero attached hydrogens (tertiary/aromatic N) is 3. The first-order valence-electron chi connectivity index (χ1n) is 7.93. The lowest BCUT2D eigenvalue weighted by Gasteiger charge is -2.25. The third-order valence-electron chi connectivity index (χ3n) is 4.18. The maximum atomic E-state index is 4.88. The fraction of sp³-hybridized carbons (Fsp3) is 0.750. The maximum absolute atomic E-state index is 4.88. The Kier molecular flexibility index (Phi) is 5.62. The van der Waals surface area contributed by atoms with E-state index in [1.54, 1.807) is 11.3 Å². The zero-order chi connectivity index (χ0) is 15.3. The van der Waals surface area contributed by atoms with Crippen molar-refractivity contribution >= 4 is 17.3 Å². The Morgan fingerprint density at radius 2 is 2.19 bits per heavy atom. The minimum Gasteiger partial charge on any atom is -0.357 e. The second-order valence-electron chi connectivity index (χ2n) is 6.40. The zero-order valence-corrected chi connectivity index (χ0v) is 14.6. The molecule has 1 N–H and O–H groups in total. The van der Waals surface area contributed by atoms with Gasteiger partial charge in [-0.3, -0.25) is 4.99 Å². The lowest BCUT2D eigenvalue weighted by Crippen LogP contribution is -2.39. The van der Waals surface area contributed by atoms with Crippen LogP contribution in [0, 0.1) is 12.3 Å². The minimum absolute atomic E-state index is 0.402. The number of rotatable bonds is 5. The highest BCUT2D eigenvalue weighted by Crippen LogP contribution is 2.37. The van der Waals surface area contributed by atoms with E-state index < -0.39 is 0 Å². The molecule has 0 aromatic carbocycles. The second kappa shape index (κ2) is 7.25. The van der Waals surface area contributed by atoms with Gasteiger partial charge in [-0.1, -0.05) is 19.8 Å². The summed E-state index contributed by atoms with van der Waals surface area (Å²) in [4.78, 5) is 11.6. The minimum atomic E-state index is 0.402. The van der Waals surface area contributed by atoms with Gasteiger partial charge in [0.2, 0.25) is 0 Å². The molecule has 1 aromatic rings. The van der Waals surface area contributed by atoms with Gasteiger partial charge in [0.05, 0.1) is 17.2 Å². The topological polar surface area (TPSA) is 40.5 Å². The van der Waals surface area contributed by atoms with Gasteiger partial charge in [0.15, 0.2) is 5.96 Å². The predicted octanol–water partition coefficient (Wildman–Crippen LogP) is 3.43. The van der Waals surface area contributed by atoms with Gasteiger partial charge in [-0.15, -0.1) is 11.3 Å². The number of aryl methyl sites for hydroxylation is 1. The van der Waals surface area contributed by atoms with Gasteiger partial charge < -0.3 is 10.2 Å². The number of nitrogens with one attached hydrogen (secondary N) is 1. The summed E-state index contributed by atoms with van der Waals surface area (Å²) >= 11 is 1.71. The Labute approximate surface area is 132 Å². The van der Waals surface area contributed by atoms with Crippen LogP contribution in [0.15, 0.2) is 10.4 Å². The SMILES string of the molecule is CCNC(=NCC1(C)CCCC1)N(C)Cc1csc(C)n1. The summed E-state index contributed by atoms with van der Waals surface area (Å²) in [5.74, 6) is 0.997. The van der Waals surface area contributed by atoms with E-state index in [1.165, 1.54) is 25.7 Å². The molecule has 2 rings (SSSR count). The van der Waals surface area contributed by atoms with Gasteiger partial charge in [0.1, 0.15) is 0 Å². The van der Waals surface area contributed by atoms with Crippen LogP contribution < -0.4 is 5.32 Å². The molecule has 1 saturated carbocycles. The van der Waals surface area contributed by atoms with Crippen LogP contribution in [0.5, 0.6) is 0 Å². The molecule has 1 aromatic heterocycles. The number of hydrogen-bond acceptors (Lipinski definition) is 3. The van der Waals surface area contributed by atoms with Crippen LogP contribution in [-0.2, 0) is 6.54 Å². The molecule has 0 aliphatic heterocycles. The van der Waals surface area contributed by atoms with Gasteiger partial charge >= 0.3 is 0 Å². The third kappa shape index (κ3) is 4.70. The summed E-state index contributed by atoms with van der Waals surface area (Å²) in [7, 11) is 2.09. The second-order valence-corrected chi connectivity index (χ2v) is 7.46. The Morgan fingerprint density at radius 1 is 1.48 bits per heavy atom. The van der Waals surface area contributed by atoms with Gasteiger partial charge in [-0.25, -0.2) is 4.98 Å². The van der Waals surface area contributed by atoms with E-state index in [9.17, 15) is 0 Å². The van der Waals surface area contributed by atoms with Crippen LogP contribution in [0.25, 0.3) is 0 Å². The molecule has 0 bridgehead atoms. The number of guanidine groups is 1. The summed E-state index contributed by atoms with van der Waals surface area (Å²) in [6.07, 6.45) is 5.34. The van der Waals surface area contributed by atoms with E-state index in [-0.39, 0.29) is 0 Å². The predicted molar refractivity (Wildman–Crippen MR) is 90.9 cm³/mol. The molecule has 4 nitrogen and oxygen atoms in total. The van der Waals surface area contributed by atoms with Crippen LogP contribution in [0.2, 0.25) is 0 Å². The molecule has 0 radical (unpaired) electrons. The Morgan fingerprint density at radius 3 is 2.76 bits per heavy atom. The van der Waals surface area contributed by atoms with Gasteiger partial charge in [0, 0.05) is 25.5 Å². The first-order chi connectivity index (χ1) is 10.0. The first kappa shape index (κ1) is 16.3. The third-order valence-corrected chi connectivity index (χ3v) is 5.01. The van der Waals surface area contributed by atoms with E-state index in [4.69, 9.17) is 4.99 Å². The van der Waals surface area contributed by atoms with Crippen molar-refractivity contribution in [3.8, 4) is 0 Å². The first-order valence-corrected chi connectivity index (χ1v) is 8.81. The highest BCUT2D eigenvalue weighted by molar-refractivity contribution is 7.09. The molecular weight excluding hydrogens is 280 g/mol. The largest absolute Gasteiger partial charge is 0.357 e. The molecule has 118 valence electrons. The monoisotopic (exact) mass is 308 g/mol. The molecule has 1 aliphatic rings. The molecule has 0 spiro atoms. The van der Waals surface area contributed by atoms with E-state index in [0.717, 1.165) is 36.3 Å². The van der Waals surface area contributed by atoms with Crippen molar-refractivity contribution in [1.82, 2.24) is 15.2 Å². The fourth-order valence-corrected chi connectivity index (χ4v) is 3.52. The summed E-state index contributed by atoms with van der Waals surface area (Å²) in [5.41, 5.74) is 1.52. The van der Waals surface area contributed by atoms with Crippen molar-refractivity contribution in [2.24, 2.45) is 10.4 Å². The molecule has 21 heavy (non-hydrogen) atoms. The summed E-state index contributed by atoms with van der Waals surface area (Å²) in [6, 6.07) is 0. The van der Waals surface area contributed by atoms with Crippen LogP contribution in [0.4, 0.5) is 0 Å². The highest BCUT2D eigenvalue weighted by Gasteiger charge is 2.28. The molecule has 0 amide bonds. The van der Waals surface area contributed by atoms with E-state index in [2.05, 4.69) is 41.5 Å². The lowest BCUT2D eigenvalue weighted by molar-refractivity contribution is 0.347. The van der Waals surface area contributed by atoms with E-state index in [1.807, 2.05) is 6.92 Å². The smallest absolute Gasteiger partial charge is 0.194 e. The van der Waals surface area contributed by atoms with Crippen molar-refractivity contribution in [2.45, 2.75) is 53.0 Å². The quantitative estimate of drug-likeness (QED) is 0.669. The highest BCUT2D eigenvalue weighted by atomic mass is 32.1. The van der Waals surface area contributed by atoms with E-state index in [0.29, 0.717) is 5.41 Å². The lowest BCUT2D eigenvalue weighted by atomic mass is 9.89. The van der Waals surface area contributed by atoms with Gasteiger partial charge in [-0.05, 0) is 32.1 Å². The number of thiazole rings is 1. The van der Waals surface area contributed by atoms with Crippen LogP contribution in [0.3, 0.4) is 0 Å². The van der Waals surface area contributed by atoms with Crippen molar-refractivity contribution in [3.05, 3.63) is 16.1 Å². The van der Waals surface area contributed by atoms with Gasteiger partial charge in [-0.2, -0.15) is 0 Å². The summed E-state index contributed by atoms with van der Waals surface area (Å²) in [5, 5.41) is 6.66. The van der Waals surface area contributed by atoms with Crippen molar-refractivity contribution in [3.63, 3.8) is 0 Å². The molecule has 0 saturated heterocycles. The number of hydrogen-bond donors (Lipinski definition) is 1. The Hall–Kier alpha value is -1.10. The molecule has 1 heterocycles. The Balaban J connectivity index is 1.99. The molecule has 0 atom stereocenters. The van der Waals surface area contributed by atoms with Crippen LogP contribution >= 0.6 is 11.3 Å².